The Kier molecular flexibility index (Phi) is 8.33. The summed E-state index contributed by atoms with van der Waals surface area (Å²) < 4.78 is 55.0. The minimum Gasteiger partial charge on any atom is -0.355 e. The van der Waals surface area contributed by atoms with Crippen LogP contribution in [0.2, 0.25) is 0 Å². The molecule has 1 unspecified atom stereocenters. The van der Waals surface area contributed by atoms with Crippen LogP contribution in [0.5, 0.6) is 0 Å². The van der Waals surface area contributed by atoms with E-state index in [1.807, 2.05) is 11.8 Å². The quantitative estimate of drug-likeness (QED) is 0.597. The number of nitrogens with zero attached hydrogens (tertiary/aromatic N) is 1. The Morgan fingerprint density at radius 2 is 1.81 bits per heavy atom. The van der Waals surface area contributed by atoms with E-state index in [1.165, 1.54) is 18.2 Å². The molecule has 6 nitrogen and oxygen atoms in total. The zero-order valence-electron chi connectivity index (χ0n) is 18.1. The number of carbonyl (C=O) groups is 1. The van der Waals surface area contributed by atoms with Crippen LogP contribution in [0.1, 0.15) is 24.0 Å². The molecule has 0 radical (unpaired) electrons. The summed E-state index contributed by atoms with van der Waals surface area (Å²) in [6.45, 7) is 3.86. The summed E-state index contributed by atoms with van der Waals surface area (Å²) in [4.78, 5) is 14.5. The first kappa shape index (κ1) is 24.3. The minimum absolute atomic E-state index is 0.0355. The van der Waals surface area contributed by atoms with Gasteiger partial charge >= 0.3 is 0 Å². The number of carbonyl (C=O) groups excluding carboxylic acids is 1. The Morgan fingerprint density at radius 1 is 1.12 bits per heavy atom. The molecule has 1 aliphatic heterocycles. The molecule has 1 saturated heterocycles. The number of amides is 1. The topological polar surface area (TPSA) is 78.5 Å². The van der Waals surface area contributed by atoms with E-state index in [2.05, 4.69) is 10.0 Å². The average molecular weight is 466 g/mol. The van der Waals surface area contributed by atoms with E-state index in [-0.39, 0.29) is 41.8 Å². The summed E-state index contributed by atoms with van der Waals surface area (Å²) in [5.41, 5.74) is 0.955. The lowest BCUT2D eigenvalue weighted by atomic mass is 9.98. The van der Waals surface area contributed by atoms with Gasteiger partial charge in [0.25, 0.3) is 0 Å². The van der Waals surface area contributed by atoms with E-state index in [0.717, 1.165) is 24.9 Å². The Morgan fingerprint density at radius 3 is 2.50 bits per heavy atom. The number of hydrogen-bond acceptors (Lipinski definition) is 4. The summed E-state index contributed by atoms with van der Waals surface area (Å²) in [6.07, 6.45) is 1.82. The predicted molar refractivity (Wildman–Crippen MR) is 119 cm³/mol. The van der Waals surface area contributed by atoms with Crippen molar-refractivity contribution >= 4 is 15.9 Å². The number of benzene rings is 2. The number of nitrogens with one attached hydrogen (secondary N) is 2. The highest BCUT2D eigenvalue weighted by molar-refractivity contribution is 7.89. The van der Waals surface area contributed by atoms with Crippen molar-refractivity contribution in [1.82, 2.24) is 14.9 Å². The van der Waals surface area contributed by atoms with Crippen molar-refractivity contribution < 1.29 is 22.0 Å². The van der Waals surface area contributed by atoms with E-state index in [9.17, 15) is 22.0 Å². The Balaban J connectivity index is 1.43. The molecule has 0 aromatic heterocycles. The van der Waals surface area contributed by atoms with Gasteiger partial charge in [0.1, 0.15) is 11.6 Å². The number of hydrogen-bond donors (Lipinski definition) is 2. The lowest BCUT2D eigenvalue weighted by Gasteiger charge is -2.32. The van der Waals surface area contributed by atoms with Crippen LogP contribution in [-0.2, 0) is 21.2 Å². The van der Waals surface area contributed by atoms with Gasteiger partial charge in [-0.2, -0.15) is 0 Å². The summed E-state index contributed by atoms with van der Waals surface area (Å²) in [6, 6.07) is 10.4. The molecule has 0 bridgehead atoms. The van der Waals surface area contributed by atoms with Crippen molar-refractivity contribution in [2.45, 2.75) is 31.1 Å². The maximum absolute atomic E-state index is 13.7. The average Bonchev–Trinajstić information content (AvgIpc) is 2.75. The van der Waals surface area contributed by atoms with Gasteiger partial charge < -0.3 is 5.32 Å². The molecule has 2 N–H and O–H groups in total. The molecular weight excluding hydrogens is 436 g/mol. The van der Waals surface area contributed by atoms with Gasteiger partial charge in [0.2, 0.25) is 15.9 Å². The zero-order chi connectivity index (χ0) is 23.1. The smallest absolute Gasteiger partial charge is 0.240 e. The lowest BCUT2D eigenvalue weighted by molar-refractivity contribution is -0.122. The van der Waals surface area contributed by atoms with Crippen molar-refractivity contribution in [2.24, 2.45) is 5.92 Å². The first-order valence-electron chi connectivity index (χ1n) is 10.7. The number of likely N-dealkylation sites (tertiary alicyclic amines) is 1. The summed E-state index contributed by atoms with van der Waals surface area (Å²) in [7, 11) is -3.57. The lowest BCUT2D eigenvalue weighted by Crippen LogP contribution is -2.45. The van der Waals surface area contributed by atoms with E-state index >= 15 is 0 Å². The van der Waals surface area contributed by atoms with E-state index in [0.29, 0.717) is 13.1 Å². The third-order valence-electron chi connectivity index (χ3n) is 5.62. The van der Waals surface area contributed by atoms with Gasteiger partial charge in [0.15, 0.2) is 0 Å². The monoisotopic (exact) mass is 465 g/mol. The fourth-order valence-corrected chi connectivity index (χ4v) is 4.96. The third-order valence-corrected chi connectivity index (χ3v) is 7.06. The number of sulfonamides is 1. The number of halogens is 2. The van der Waals surface area contributed by atoms with Gasteiger partial charge in [-0.1, -0.05) is 23.8 Å². The molecule has 2 aromatic carbocycles. The predicted octanol–water partition coefficient (Wildman–Crippen LogP) is 2.62. The molecule has 2 aromatic rings. The highest BCUT2D eigenvalue weighted by Crippen LogP contribution is 2.17. The molecule has 32 heavy (non-hydrogen) atoms. The maximum Gasteiger partial charge on any atom is 0.240 e. The Hall–Kier alpha value is -2.36. The number of aryl methyl sites for hydroxylation is 1. The van der Waals surface area contributed by atoms with Gasteiger partial charge in [-0.25, -0.2) is 21.9 Å². The van der Waals surface area contributed by atoms with Gasteiger partial charge in [-0.15, -0.1) is 0 Å². The molecule has 1 atom stereocenters. The van der Waals surface area contributed by atoms with Crippen molar-refractivity contribution in [3.05, 3.63) is 65.2 Å². The van der Waals surface area contributed by atoms with E-state index in [4.69, 9.17) is 0 Å². The van der Waals surface area contributed by atoms with Crippen LogP contribution in [0.4, 0.5) is 8.78 Å². The minimum atomic E-state index is -3.57. The van der Waals surface area contributed by atoms with Crippen molar-refractivity contribution in [1.29, 1.82) is 0 Å². The third kappa shape index (κ3) is 6.82. The van der Waals surface area contributed by atoms with Crippen LogP contribution < -0.4 is 10.0 Å². The Labute approximate surface area is 188 Å². The molecule has 0 aliphatic carbocycles. The van der Waals surface area contributed by atoms with Gasteiger partial charge in [0, 0.05) is 25.2 Å². The van der Waals surface area contributed by atoms with Gasteiger partial charge in [-0.05, 0) is 62.9 Å². The van der Waals surface area contributed by atoms with Crippen LogP contribution in [0.3, 0.4) is 0 Å². The summed E-state index contributed by atoms with van der Waals surface area (Å²) in [5.74, 6) is -1.36. The summed E-state index contributed by atoms with van der Waals surface area (Å²) >= 11 is 0. The molecule has 1 fully saturated rings. The number of piperidine rings is 1. The molecule has 9 heteroatoms. The molecule has 1 aliphatic rings. The van der Waals surface area contributed by atoms with Crippen molar-refractivity contribution in [3.63, 3.8) is 0 Å². The summed E-state index contributed by atoms with van der Waals surface area (Å²) in [5, 5.41) is 2.70. The van der Waals surface area contributed by atoms with Gasteiger partial charge in [0.05, 0.1) is 11.4 Å². The van der Waals surface area contributed by atoms with Crippen LogP contribution >= 0.6 is 0 Å². The maximum atomic E-state index is 13.7. The van der Waals surface area contributed by atoms with Crippen LogP contribution in [0.15, 0.2) is 47.4 Å². The van der Waals surface area contributed by atoms with Crippen molar-refractivity contribution in [2.75, 3.05) is 32.7 Å². The highest BCUT2D eigenvalue weighted by atomic mass is 32.2. The fraction of sp³-hybridized carbons (Fsp3) is 0.435. The fourth-order valence-electron chi connectivity index (χ4n) is 3.85. The van der Waals surface area contributed by atoms with Gasteiger partial charge in [-0.3, -0.25) is 9.69 Å². The van der Waals surface area contributed by atoms with E-state index < -0.39 is 21.7 Å². The Bertz CT molecular complexity index is 1010. The highest BCUT2D eigenvalue weighted by Gasteiger charge is 2.24. The second kappa shape index (κ2) is 11.0. The molecule has 174 valence electrons. The van der Waals surface area contributed by atoms with Crippen molar-refractivity contribution in [3.8, 4) is 0 Å². The first-order valence-corrected chi connectivity index (χ1v) is 12.2. The zero-order valence-corrected chi connectivity index (χ0v) is 18.9. The van der Waals surface area contributed by atoms with Crippen LogP contribution in [0.25, 0.3) is 0 Å². The first-order chi connectivity index (χ1) is 15.2. The van der Waals surface area contributed by atoms with E-state index in [1.54, 1.807) is 24.3 Å². The number of rotatable bonds is 9. The molecule has 0 saturated carbocycles. The molecule has 1 amide bonds. The molecule has 3 rings (SSSR count). The standard InChI is InChI=1S/C23H29F2N3O3S/c1-17-7-9-19(10-8-17)32(30,31)27-14-18-4-3-13-28(15-18)16-23(29)26-12-11-20-21(24)5-2-6-22(20)25/h2,5-10,18,27H,3-4,11-16H2,1H3,(H,26,29). The second-order valence-electron chi connectivity index (χ2n) is 8.21. The normalized spacial score (nSPS) is 17.3. The molecule has 0 spiro atoms. The van der Waals surface area contributed by atoms with Crippen LogP contribution in [-0.4, -0.2) is 51.9 Å². The molecular formula is C23H29F2N3O3S. The van der Waals surface area contributed by atoms with Crippen LogP contribution in [0, 0.1) is 24.5 Å². The SMILES string of the molecule is Cc1ccc(S(=O)(=O)NCC2CCCN(CC(=O)NCCc3c(F)cccc3F)C2)cc1. The second-order valence-corrected chi connectivity index (χ2v) is 9.98. The molecule has 1 heterocycles. The largest absolute Gasteiger partial charge is 0.355 e.